The van der Waals surface area contributed by atoms with Gasteiger partial charge in [-0.25, -0.2) is 21.6 Å². The number of benzene rings is 2. The van der Waals surface area contributed by atoms with Crippen LogP contribution in [0.2, 0.25) is 0 Å². The molecule has 1 atom stereocenters. The van der Waals surface area contributed by atoms with Crippen molar-refractivity contribution in [2.75, 3.05) is 12.5 Å². The summed E-state index contributed by atoms with van der Waals surface area (Å²) in [6, 6.07) is 12.3. The molecular weight excluding hydrogens is 366 g/mol. The molecule has 0 saturated heterocycles. The van der Waals surface area contributed by atoms with Gasteiger partial charge in [0.1, 0.15) is 0 Å². The molecule has 2 rings (SSSR count). The molecule has 2 aromatic carbocycles. The van der Waals surface area contributed by atoms with Gasteiger partial charge in [-0.15, -0.1) is 11.8 Å². The SMILES string of the molecule is CSc1ccc(S(=O)(=O)N[C@@H](C)c2ccc(S(C)(=O)=O)cc2)cc1. The third kappa shape index (κ3) is 4.60. The summed E-state index contributed by atoms with van der Waals surface area (Å²) in [6.45, 7) is 1.71. The normalized spacial score (nSPS) is 13.6. The Balaban J connectivity index is 2.19. The standard InChI is InChI=1S/C16H19NO4S3/c1-12(13-4-8-15(9-5-13)23(3,18)19)17-24(20,21)16-10-6-14(22-2)7-11-16/h4-12,17H,1-3H3/t12-/m0/s1. The first-order valence-corrected chi connectivity index (χ1v) is 11.7. The minimum atomic E-state index is -3.65. The van der Waals surface area contributed by atoms with Gasteiger partial charge in [0.15, 0.2) is 9.84 Å². The predicted molar refractivity (Wildman–Crippen MR) is 96.5 cm³/mol. The molecule has 0 bridgehead atoms. The Morgan fingerprint density at radius 1 is 0.875 bits per heavy atom. The number of sulfone groups is 1. The highest BCUT2D eigenvalue weighted by Crippen LogP contribution is 2.21. The second-order valence-electron chi connectivity index (χ2n) is 5.36. The summed E-state index contributed by atoms with van der Waals surface area (Å²) in [5.74, 6) is 0. The molecule has 0 heterocycles. The van der Waals surface area contributed by atoms with E-state index < -0.39 is 25.9 Å². The molecule has 0 fully saturated rings. The van der Waals surface area contributed by atoms with Crippen LogP contribution in [0.5, 0.6) is 0 Å². The lowest BCUT2D eigenvalue weighted by Gasteiger charge is -2.15. The maximum atomic E-state index is 12.4. The molecule has 2 aromatic rings. The van der Waals surface area contributed by atoms with E-state index in [9.17, 15) is 16.8 Å². The largest absolute Gasteiger partial charge is 0.241 e. The van der Waals surface area contributed by atoms with Crippen molar-refractivity contribution in [3.8, 4) is 0 Å². The minimum absolute atomic E-state index is 0.194. The molecule has 0 unspecified atom stereocenters. The average Bonchev–Trinajstić information content (AvgIpc) is 2.54. The molecule has 0 amide bonds. The highest BCUT2D eigenvalue weighted by molar-refractivity contribution is 7.98. The zero-order valence-corrected chi connectivity index (χ0v) is 16.0. The molecule has 8 heteroatoms. The van der Waals surface area contributed by atoms with Crippen LogP contribution in [-0.2, 0) is 19.9 Å². The van der Waals surface area contributed by atoms with Gasteiger partial charge in [0.05, 0.1) is 9.79 Å². The third-order valence-electron chi connectivity index (χ3n) is 3.51. The van der Waals surface area contributed by atoms with Gasteiger partial charge in [0.25, 0.3) is 0 Å². The fraction of sp³-hybridized carbons (Fsp3) is 0.250. The maximum absolute atomic E-state index is 12.4. The second-order valence-corrected chi connectivity index (χ2v) is 9.97. The monoisotopic (exact) mass is 385 g/mol. The number of rotatable bonds is 6. The Morgan fingerprint density at radius 2 is 1.38 bits per heavy atom. The van der Waals surface area contributed by atoms with Gasteiger partial charge in [0, 0.05) is 17.2 Å². The summed E-state index contributed by atoms with van der Waals surface area (Å²) >= 11 is 1.54. The van der Waals surface area contributed by atoms with E-state index in [-0.39, 0.29) is 9.79 Å². The number of hydrogen-bond donors (Lipinski definition) is 1. The van der Waals surface area contributed by atoms with Crippen LogP contribution in [0, 0.1) is 0 Å². The van der Waals surface area contributed by atoms with Crippen LogP contribution in [0.15, 0.2) is 63.2 Å². The van der Waals surface area contributed by atoms with Crippen molar-refractivity contribution in [1.82, 2.24) is 4.72 Å². The Hall–Kier alpha value is -1.35. The van der Waals surface area contributed by atoms with Gasteiger partial charge in [-0.05, 0) is 55.1 Å². The Bertz CT molecular complexity index is 903. The number of sulfonamides is 1. The summed E-state index contributed by atoms with van der Waals surface area (Å²) in [7, 11) is -6.92. The first kappa shape index (κ1) is 19.0. The van der Waals surface area contributed by atoms with E-state index in [2.05, 4.69) is 4.72 Å². The second kappa shape index (κ2) is 7.26. The van der Waals surface area contributed by atoms with E-state index in [1.165, 1.54) is 23.9 Å². The van der Waals surface area contributed by atoms with Gasteiger partial charge in [-0.3, -0.25) is 0 Å². The summed E-state index contributed by atoms with van der Waals surface area (Å²) in [4.78, 5) is 1.38. The van der Waals surface area contributed by atoms with Gasteiger partial charge < -0.3 is 0 Å². The van der Waals surface area contributed by atoms with Gasteiger partial charge in [-0.1, -0.05) is 12.1 Å². The van der Waals surface area contributed by atoms with Crippen molar-refractivity contribution in [2.45, 2.75) is 27.7 Å². The van der Waals surface area contributed by atoms with E-state index in [0.29, 0.717) is 5.56 Å². The molecule has 0 aliphatic carbocycles. The van der Waals surface area contributed by atoms with Gasteiger partial charge in [-0.2, -0.15) is 0 Å². The smallest absolute Gasteiger partial charge is 0.224 e. The molecule has 0 aromatic heterocycles. The highest BCUT2D eigenvalue weighted by Gasteiger charge is 2.18. The number of thioether (sulfide) groups is 1. The van der Waals surface area contributed by atoms with Gasteiger partial charge >= 0.3 is 0 Å². The predicted octanol–water partition coefficient (Wildman–Crippen LogP) is 2.85. The molecule has 1 N–H and O–H groups in total. The molecular formula is C16H19NO4S3. The van der Waals surface area contributed by atoms with E-state index in [1.54, 1.807) is 43.3 Å². The Labute approximate surface area is 147 Å². The maximum Gasteiger partial charge on any atom is 0.241 e. The Morgan fingerprint density at radius 3 is 1.83 bits per heavy atom. The van der Waals surface area contributed by atoms with Crippen molar-refractivity contribution in [1.29, 1.82) is 0 Å². The van der Waals surface area contributed by atoms with Crippen molar-refractivity contribution in [3.63, 3.8) is 0 Å². The fourth-order valence-corrected chi connectivity index (χ4v) is 4.40. The van der Waals surface area contributed by atoms with Crippen molar-refractivity contribution >= 4 is 31.6 Å². The van der Waals surface area contributed by atoms with Crippen LogP contribution in [-0.4, -0.2) is 29.3 Å². The number of hydrogen-bond acceptors (Lipinski definition) is 5. The van der Waals surface area contributed by atoms with E-state index in [4.69, 9.17) is 0 Å². The molecule has 0 aliphatic heterocycles. The van der Waals surface area contributed by atoms with Crippen molar-refractivity contribution in [3.05, 3.63) is 54.1 Å². The molecule has 130 valence electrons. The first-order chi connectivity index (χ1) is 11.1. The lowest BCUT2D eigenvalue weighted by molar-refractivity contribution is 0.566. The van der Waals surface area contributed by atoms with Crippen LogP contribution in [0.25, 0.3) is 0 Å². The van der Waals surface area contributed by atoms with E-state index in [0.717, 1.165) is 11.2 Å². The molecule has 0 spiro atoms. The highest BCUT2D eigenvalue weighted by atomic mass is 32.2. The topological polar surface area (TPSA) is 80.3 Å². The summed E-state index contributed by atoms with van der Waals surface area (Å²) in [6.07, 6.45) is 3.05. The number of nitrogens with one attached hydrogen (secondary N) is 1. The van der Waals surface area contributed by atoms with Crippen molar-refractivity contribution in [2.24, 2.45) is 0 Å². The van der Waals surface area contributed by atoms with Crippen LogP contribution in [0.3, 0.4) is 0 Å². The summed E-state index contributed by atoms with van der Waals surface area (Å²) in [5, 5.41) is 0. The van der Waals surface area contributed by atoms with Crippen LogP contribution in [0.4, 0.5) is 0 Å². The average molecular weight is 386 g/mol. The molecule has 24 heavy (non-hydrogen) atoms. The minimum Gasteiger partial charge on any atom is -0.224 e. The molecule has 0 aliphatic rings. The zero-order valence-electron chi connectivity index (χ0n) is 13.6. The first-order valence-electron chi connectivity index (χ1n) is 7.10. The lowest BCUT2D eigenvalue weighted by atomic mass is 10.1. The quantitative estimate of drug-likeness (QED) is 0.774. The Kier molecular flexibility index (Phi) is 5.74. The molecule has 5 nitrogen and oxygen atoms in total. The fourth-order valence-electron chi connectivity index (χ4n) is 2.13. The summed E-state index contributed by atoms with van der Waals surface area (Å²) in [5.41, 5.74) is 0.687. The zero-order chi connectivity index (χ0) is 18.0. The molecule has 0 radical (unpaired) electrons. The molecule has 0 saturated carbocycles. The van der Waals surface area contributed by atoms with Crippen molar-refractivity contribution < 1.29 is 16.8 Å². The summed E-state index contributed by atoms with van der Waals surface area (Å²) < 4.78 is 50.4. The van der Waals surface area contributed by atoms with E-state index >= 15 is 0 Å². The van der Waals surface area contributed by atoms with Crippen LogP contribution in [0.1, 0.15) is 18.5 Å². The van der Waals surface area contributed by atoms with E-state index in [1.807, 2.05) is 6.26 Å². The van der Waals surface area contributed by atoms with Crippen LogP contribution >= 0.6 is 11.8 Å². The van der Waals surface area contributed by atoms with Crippen LogP contribution < -0.4 is 4.72 Å². The van der Waals surface area contributed by atoms with Gasteiger partial charge in [0.2, 0.25) is 10.0 Å². The third-order valence-corrected chi connectivity index (χ3v) is 6.94. The lowest BCUT2D eigenvalue weighted by Crippen LogP contribution is -2.26.